The molecule has 0 spiro atoms. The molecule has 0 bridgehead atoms. The summed E-state index contributed by atoms with van der Waals surface area (Å²) in [5.74, 6) is 0. The molecule has 2 rings (SSSR count). The lowest BCUT2D eigenvalue weighted by molar-refractivity contribution is -0.107. The number of allylic oxidation sites excluding steroid dienone is 1. The van der Waals surface area contributed by atoms with E-state index in [0.717, 1.165) is 11.8 Å². The third-order valence-corrected chi connectivity index (χ3v) is 2.32. The molecule has 0 aromatic heterocycles. The van der Waals surface area contributed by atoms with E-state index >= 15 is 0 Å². The Hall–Kier alpha value is -1.89. The van der Waals surface area contributed by atoms with Gasteiger partial charge in [0.2, 0.25) is 0 Å². The second-order valence-electron chi connectivity index (χ2n) is 3.41. The fourth-order valence-electron chi connectivity index (χ4n) is 1.57. The molecule has 0 unspecified atom stereocenters. The van der Waals surface area contributed by atoms with Gasteiger partial charge in [0.1, 0.15) is 6.29 Å². The lowest BCUT2D eigenvalue weighted by Crippen LogP contribution is -1.75. The zero-order chi connectivity index (χ0) is 10.5. The number of hydrogen-bond donors (Lipinski definition) is 0. The fourth-order valence-corrected chi connectivity index (χ4v) is 1.57. The quantitative estimate of drug-likeness (QED) is 0.687. The molecule has 0 heterocycles. The van der Waals surface area contributed by atoms with Crippen LogP contribution in [0.15, 0.2) is 48.5 Å². The number of fused-ring (bicyclic) bond motifs is 1. The summed E-state index contributed by atoms with van der Waals surface area (Å²) in [6.07, 6.45) is 5.22. The molecule has 2 aromatic rings. The summed E-state index contributed by atoms with van der Waals surface area (Å²) in [6.45, 7) is 0. The van der Waals surface area contributed by atoms with Gasteiger partial charge in [-0.1, -0.05) is 48.6 Å². The van der Waals surface area contributed by atoms with Crippen LogP contribution in [-0.4, -0.2) is 6.29 Å². The summed E-state index contributed by atoms with van der Waals surface area (Å²) in [5.41, 5.74) is 1.13. The Labute approximate surface area is 89.0 Å². The minimum atomic E-state index is 0.479. The van der Waals surface area contributed by atoms with E-state index in [0.29, 0.717) is 6.42 Å². The minimum Gasteiger partial charge on any atom is -0.303 e. The second kappa shape index (κ2) is 4.56. The first-order valence-electron chi connectivity index (χ1n) is 4.99. The maximum Gasteiger partial charge on any atom is 0.123 e. The normalized spacial score (nSPS) is 10.9. The van der Waals surface area contributed by atoms with E-state index in [-0.39, 0.29) is 0 Å². The van der Waals surface area contributed by atoms with Crippen LogP contribution in [0.25, 0.3) is 16.8 Å². The highest BCUT2D eigenvalue weighted by Gasteiger charge is 1.92. The van der Waals surface area contributed by atoms with Gasteiger partial charge in [-0.05, 0) is 22.4 Å². The molecule has 2 aromatic carbocycles. The smallest absolute Gasteiger partial charge is 0.123 e. The van der Waals surface area contributed by atoms with Gasteiger partial charge >= 0.3 is 0 Å². The standard InChI is InChI=1S/C14H12O/c15-10-4-3-5-12-8-9-13-6-1-2-7-14(13)11-12/h1-3,5-11H,4H2. The van der Waals surface area contributed by atoms with Crippen molar-refractivity contribution in [3.63, 3.8) is 0 Å². The van der Waals surface area contributed by atoms with Crippen molar-refractivity contribution in [1.82, 2.24) is 0 Å². The molecule has 0 fully saturated rings. The molecule has 0 saturated heterocycles. The van der Waals surface area contributed by atoms with E-state index in [4.69, 9.17) is 0 Å². The van der Waals surface area contributed by atoms with E-state index < -0.39 is 0 Å². The minimum absolute atomic E-state index is 0.479. The van der Waals surface area contributed by atoms with Crippen LogP contribution in [0.5, 0.6) is 0 Å². The van der Waals surface area contributed by atoms with Crippen molar-refractivity contribution in [1.29, 1.82) is 0 Å². The van der Waals surface area contributed by atoms with Gasteiger partial charge in [-0.25, -0.2) is 0 Å². The van der Waals surface area contributed by atoms with Crippen LogP contribution in [-0.2, 0) is 4.79 Å². The highest BCUT2D eigenvalue weighted by atomic mass is 16.1. The maximum absolute atomic E-state index is 10.2. The first-order chi connectivity index (χ1) is 7.40. The summed E-state index contributed by atoms with van der Waals surface area (Å²) in [6, 6.07) is 14.5. The monoisotopic (exact) mass is 196 g/mol. The lowest BCUT2D eigenvalue weighted by Gasteiger charge is -1.98. The molecule has 74 valence electrons. The first kappa shape index (κ1) is 9.66. The van der Waals surface area contributed by atoms with Crippen molar-refractivity contribution in [3.05, 3.63) is 54.1 Å². The van der Waals surface area contributed by atoms with Crippen molar-refractivity contribution < 1.29 is 4.79 Å². The van der Waals surface area contributed by atoms with Gasteiger partial charge < -0.3 is 4.79 Å². The van der Waals surface area contributed by atoms with Gasteiger partial charge in [0, 0.05) is 6.42 Å². The van der Waals surface area contributed by atoms with Crippen LogP contribution >= 0.6 is 0 Å². The van der Waals surface area contributed by atoms with E-state index in [1.807, 2.05) is 24.3 Å². The van der Waals surface area contributed by atoms with Gasteiger partial charge in [-0.2, -0.15) is 0 Å². The van der Waals surface area contributed by atoms with E-state index in [9.17, 15) is 4.79 Å². The zero-order valence-electron chi connectivity index (χ0n) is 8.39. The van der Waals surface area contributed by atoms with Crippen molar-refractivity contribution in [2.45, 2.75) is 6.42 Å². The van der Waals surface area contributed by atoms with Gasteiger partial charge in [0.05, 0.1) is 0 Å². The second-order valence-corrected chi connectivity index (χ2v) is 3.41. The Balaban J connectivity index is 2.34. The molecule has 0 aliphatic heterocycles. The number of carbonyl (C=O) groups is 1. The summed E-state index contributed by atoms with van der Waals surface area (Å²) in [5, 5.41) is 2.47. The average Bonchev–Trinajstić information content (AvgIpc) is 2.29. The number of hydrogen-bond acceptors (Lipinski definition) is 1. The molecule has 15 heavy (non-hydrogen) atoms. The number of rotatable bonds is 3. The molecule has 0 atom stereocenters. The third kappa shape index (κ3) is 2.32. The van der Waals surface area contributed by atoms with Crippen LogP contribution in [0.4, 0.5) is 0 Å². The van der Waals surface area contributed by atoms with E-state index in [1.165, 1.54) is 10.8 Å². The third-order valence-electron chi connectivity index (χ3n) is 2.32. The molecular weight excluding hydrogens is 184 g/mol. The molecule has 0 aliphatic rings. The number of carbonyl (C=O) groups excluding carboxylic acids is 1. The highest BCUT2D eigenvalue weighted by molar-refractivity contribution is 5.84. The topological polar surface area (TPSA) is 17.1 Å². The fraction of sp³-hybridized carbons (Fsp3) is 0.0714. The van der Waals surface area contributed by atoms with Crippen molar-refractivity contribution >= 4 is 23.1 Å². The summed E-state index contributed by atoms with van der Waals surface area (Å²) < 4.78 is 0. The lowest BCUT2D eigenvalue weighted by atomic mass is 10.1. The van der Waals surface area contributed by atoms with E-state index in [1.54, 1.807) is 0 Å². The van der Waals surface area contributed by atoms with Crippen molar-refractivity contribution in [2.24, 2.45) is 0 Å². The van der Waals surface area contributed by atoms with Crippen LogP contribution in [0, 0.1) is 0 Å². The van der Waals surface area contributed by atoms with Crippen LogP contribution < -0.4 is 0 Å². The van der Waals surface area contributed by atoms with Gasteiger partial charge in [0.25, 0.3) is 0 Å². The van der Waals surface area contributed by atoms with Crippen LogP contribution in [0.2, 0.25) is 0 Å². The maximum atomic E-state index is 10.2. The van der Waals surface area contributed by atoms with E-state index in [2.05, 4.69) is 30.3 Å². The number of aldehydes is 1. The molecular formula is C14H12O. The molecule has 0 aliphatic carbocycles. The predicted molar refractivity (Wildman–Crippen MR) is 63.7 cm³/mol. The molecule has 0 N–H and O–H groups in total. The molecule has 0 amide bonds. The number of benzene rings is 2. The van der Waals surface area contributed by atoms with Crippen LogP contribution in [0.1, 0.15) is 12.0 Å². The Morgan fingerprint density at radius 1 is 1.00 bits per heavy atom. The van der Waals surface area contributed by atoms with Gasteiger partial charge in [0.15, 0.2) is 0 Å². The van der Waals surface area contributed by atoms with Crippen molar-refractivity contribution in [3.8, 4) is 0 Å². The summed E-state index contributed by atoms with van der Waals surface area (Å²) in [7, 11) is 0. The Morgan fingerprint density at radius 2 is 1.80 bits per heavy atom. The SMILES string of the molecule is O=CCC=Cc1ccc2ccccc2c1. The largest absolute Gasteiger partial charge is 0.303 e. The first-order valence-corrected chi connectivity index (χ1v) is 4.99. The predicted octanol–water partition coefficient (Wildman–Crippen LogP) is 3.44. The van der Waals surface area contributed by atoms with Gasteiger partial charge in [-0.3, -0.25) is 0 Å². The molecule has 1 heteroatoms. The Morgan fingerprint density at radius 3 is 2.60 bits per heavy atom. The summed E-state index contributed by atoms with van der Waals surface area (Å²) in [4.78, 5) is 10.2. The van der Waals surface area contributed by atoms with Crippen molar-refractivity contribution in [2.75, 3.05) is 0 Å². The zero-order valence-corrected chi connectivity index (χ0v) is 8.39. The summed E-state index contributed by atoms with van der Waals surface area (Å²) >= 11 is 0. The molecule has 1 nitrogen and oxygen atoms in total. The average molecular weight is 196 g/mol. The molecule has 0 radical (unpaired) electrons. The highest BCUT2D eigenvalue weighted by Crippen LogP contribution is 2.16. The van der Waals surface area contributed by atoms with Crippen LogP contribution in [0.3, 0.4) is 0 Å². The Kier molecular flexibility index (Phi) is 2.93. The Bertz CT molecular complexity index is 497. The molecule has 0 saturated carbocycles. The van der Waals surface area contributed by atoms with Gasteiger partial charge in [-0.15, -0.1) is 0 Å².